The molecule has 2 N–H and O–H groups in total. The van der Waals surface area contributed by atoms with E-state index in [9.17, 15) is 4.79 Å². The molecule has 130 valence electrons. The minimum atomic E-state index is -0.459. The molecule has 0 aliphatic carbocycles. The van der Waals surface area contributed by atoms with Crippen molar-refractivity contribution in [3.8, 4) is 5.75 Å². The largest absolute Gasteiger partial charge is 0.496 e. The quantitative estimate of drug-likeness (QED) is 0.754. The fourth-order valence-corrected chi connectivity index (χ4v) is 2.20. The normalized spacial score (nSPS) is 12.6. The second-order valence-corrected chi connectivity index (χ2v) is 6.70. The topological polar surface area (TPSA) is 59.6 Å². The maximum atomic E-state index is 11.5. The van der Waals surface area contributed by atoms with Crippen LogP contribution in [0.3, 0.4) is 0 Å². The molecule has 1 amide bonds. The van der Waals surface area contributed by atoms with Crippen molar-refractivity contribution in [3.05, 3.63) is 29.3 Å². The molecule has 23 heavy (non-hydrogen) atoms. The number of benzene rings is 1. The summed E-state index contributed by atoms with van der Waals surface area (Å²) in [7, 11) is 1.69. The molecule has 1 aromatic carbocycles. The smallest absolute Gasteiger partial charge is 0.407 e. The molecule has 5 nitrogen and oxygen atoms in total. The van der Waals surface area contributed by atoms with E-state index in [0.717, 1.165) is 24.3 Å². The standard InChI is InChI=1S/C18H30N2O3/c1-13-8-9-15(16(12-13)22-6)14(2)19-10-7-11-20-17(21)23-18(3,4)5/h8-9,12,14,19H,7,10-11H2,1-6H3,(H,20,21). The monoisotopic (exact) mass is 322 g/mol. The van der Waals surface area contributed by atoms with Gasteiger partial charge in [0, 0.05) is 18.2 Å². The Hall–Kier alpha value is -1.75. The van der Waals surface area contributed by atoms with Crippen LogP contribution in [0.25, 0.3) is 0 Å². The van der Waals surface area contributed by atoms with E-state index < -0.39 is 5.60 Å². The Morgan fingerprint density at radius 3 is 2.57 bits per heavy atom. The van der Waals surface area contributed by atoms with Crippen LogP contribution in [0.5, 0.6) is 5.75 Å². The van der Waals surface area contributed by atoms with Crippen molar-refractivity contribution in [3.63, 3.8) is 0 Å². The van der Waals surface area contributed by atoms with E-state index >= 15 is 0 Å². The zero-order chi connectivity index (χ0) is 17.5. The van der Waals surface area contributed by atoms with Gasteiger partial charge in [-0.05, 0) is 59.2 Å². The van der Waals surface area contributed by atoms with Gasteiger partial charge in [-0.2, -0.15) is 0 Å². The highest BCUT2D eigenvalue weighted by Gasteiger charge is 2.15. The van der Waals surface area contributed by atoms with Gasteiger partial charge in [-0.3, -0.25) is 0 Å². The number of methoxy groups -OCH3 is 1. The molecule has 0 fully saturated rings. The first-order valence-electron chi connectivity index (χ1n) is 8.07. The van der Waals surface area contributed by atoms with Crippen molar-refractivity contribution in [2.45, 2.75) is 52.7 Å². The molecule has 0 bridgehead atoms. The molecule has 1 unspecified atom stereocenters. The summed E-state index contributed by atoms with van der Waals surface area (Å²) in [6, 6.07) is 6.40. The summed E-state index contributed by atoms with van der Waals surface area (Å²) < 4.78 is 10.6. The Labute approximate surface area is 139 Å². The van der Waals surface area contributed by atoms with Gasteiger partial charge in [0.1, 0.15) is 11.4 Å². The van der Waals surface area contributed by atoms with Crippen molar-refractivity contribution >= 4 is 6.09 Å². The van der Waals surface area contributed by atoms with Crippen molar-refractivity contribution in [1.29, 1.82) is 0 Å². The van der Waals surface area contributed by atoms with Gasteiger partial charge in [-0.15, -0.1) is 0 Å². The first kappa shape index (κ1) is 19.3. The molecule has 5 heteroatoms. The summed E-state index contributed by atoms with van der Waals surface area (Å²) in [4.78, 5) is 11.5. The average Bonchev–Trinajstić information content (AvgIpc) is 2.44. The highest BCUT2D eigenvalue weighted by atomic mass is 16.6. The number of carbonyl (C=O) groups excluding carboxylic acids is 1. The van der Waals surface area contributed by atoms with Gasteiger partial charge in [0.2, 0.25) is 0 Å². The van der Waals surface area contributed by atoms with Gasteiger partial charge >= 0.3 is 6.09 Å². The first-order valence-corrected chi connectivity index (χ1v) is 8.07. The zero-order valence-electron chi connectivity index (χ0n) is 15.2. The number of nitrogens with one attached hydrogen (secondary N) is 2. The number of hydrogen-bond acceptors (Lipinski definition) is 4. The lowest BCUT2D eigenvalue weighted by atomic mass is 10.0. The molecule has 0 heterocycles. The summed E-state index contributed by atoms with van der Waals surface area (Å²) in [6.45, 7) is 11.1. The van der Waals surface area contributed by atoms with Gasteiger partial charge < -0.3 is 20.1 Å². The van der Waals surface area contributed by atoms with Crippen molar-refractivity contribution in [2.24, 2.45) is 0 Å². The maximum absolute atomic E-state index is 11.5. The molecular formula is C18H30N2O3. The third kappa shape index (κ3) is 7.37. The number of rotatable bonds is 7. The summed E-state index contributed by atoms with van der Waals surface area (Å²) in [5, 5.41) is 6.20. The number of ether oxygens (including phenoxy) is 2. The minimum absolute atomic E-state index is 0.187. The summed E-state index contributed by atoms with van der Waals surface area (Å²) in [6.07, 6.45) is 0.461. The van der Waals surface area contributed by atoms with E-state index in [4.69, 9.17) is 9.47 Å². The average molecular weight is 322 g/mol. The van der Waals surface area contributed by atoms with Crippen LogP contribution in [0.15, 0.2) is 18.2 Å². The Morgan fingerprint density at radius 1 is 1.26 bits per heavy atom. The van der Waals surface area contributed by atoms with Crippen LogP contribution in [-0.2, 0) is 4.74 Å². The maximum Gasteiger partial charge on any atom is 0.407 e. The number of carbonyl (C=O) groups is 1. The second kappa shape index (κ2) is 8.77. The van der Waals surface area contributed by atoms with Gasteiger partial charge in [0.05, 0.1) is 7.11 Å². The van der Waals surface area contributed by atoms with Crippen molar-refractivity contribution in [1.82, 2.24) is 10.6 Å². The molecule has 0 saturated carbocycles. The van der Waals surface area contributed by atoms with E-state index in [1.54, 1.807) is 7.11 Å². The molecule has 0 saturated heterocycles. The van der Waals surface area contributed by atoms with Crippen LogP contribution in [0.4, 0.5) is 4.79 Å². The van der Waals surface area contributed by atoms with Crippen LogP contribution >= 0.6 is 0 Å². The molecule has 1 rings (SSSR count). The van der Waals surface area contributed by atoms with Crippen LogP contribution in [0, 0.1) is 6.92 Å². The number of alkyl carbamates (subject to hydrolysis) is 1. The van der Waals surface area contributed by atoms with E-state index in [1.165, 1.54) is 5.56 Å². The zero-order valence-corrected chi connectivity index (χ0v) is 15.2. The predicted octanol–water partition coefficient (Wildman–Crippen LogP) is 3.57. The molecule has 0 spiro atoms. The van der Waals surface area contributed by atoms with E-state index in [0.29, 0.717) is 6.54 Å². The van der Waals surface area contributed by atoms with E-state index in [1.807, 2.05) is 33.8 Å². The van der Waals surface area contributed by atoms with Gasteiger partial charge in [-0.25, -0.2) is 4.79 Å². The van der Waals surface area contributed by atoms with Crippen LogP contribution in [0.2, 0.25) is 0 Å². The third-order valence-corrected chi connectivity index (χ3v) is 3.33. The lowest BCUT2D eigenvalue weighted by molar-refractivity contribution is 0.0527. The lowest BCUT2D eigenvalue weighted by Gasteiger charge is -2.20. The molecule has 1 aromatic rings. The van der Waals surface area contributed by atoms with E-state index in [-0.39, 0.29) is 12.1 Å². The molecule has 0 aliphatic rings. The van der Waals surface area contributed by atoms with Crippen LogP contribution in [-0.4, -0.2) is 31.9 Å². The summed E-state index contributed by atoms with van der Waals surface area (Å²) in [5.74, 6) is 0.900. The minimum Gasteiger partial charge on any atom is -0.496 e. The molecule has 0 aromatic heterocycles. The van der Waals surface area contributed by atoms with Gasteiger partial charge in [0.15, 0.2) is 0 Å². The molecule has 0 aliphatic heterocycles. The Balaban J connectivity index is 2.32. The Kier molecular flexibility index (Phi) is 7.36. The van der Waals surface area contributed by atoms with E-state index in [2.05, 4.69) is 29.7 Å². The molecule has 0 radical (unpaired) electrons. The summed E-state index contributed by atoms with van der Waals surface area (Å²) in [5.41, 5.74) is 1.86. The lowest BCUT2D eigenvalue weighted by Crippen LogP contribution is -2.34. The molecule has 1 atom stereocenters. The fraction of sp³-hybridized carbons (Fsp3) is 0.611. The van der Waals surface area contributed by atoms with Gasteiger partial charge in [0.25, 0.3) is 0 Å². The van der Waals surface area contributed by atoms with Crippen molar-refractivity contribution in [2.75, 3.05) is 20.2 Å². The highest BCUT2D eigenvalue weighted by Crippen LogP contribution is 2.25. The Morgan fingerprint density at radius 2 is 1.96 bits per heavy atom. The fourth-order valence-electron chi connectivity index (χ4n) is 2.20. The van der Waals surface area contributed by atoms with Crippen molar-refractivity contribution < 1.29 is 14.3 Å². The number of hydrogen-bond donors (Lipinski definition) is 2. The van der Waals surface area contributed by atoms with Crippen LogP contribution < -0.4 is 15.4 Å². The number of aryl methyl sites for hydroxylation is 1. The SMILES string of the molecule is COc1cc(C)ccc1C(C)NCCCNC(=O)OC(C)(C)C. The van der Waals surface area contributed by atoms with Crippen LogP contribution in [0.1, 0.15) is 51.3 Å². The highest BCUT2D eigenvalue weighted by molar-refractivity contribution is 5.67. The third-order valence-electron chi connectivity index (χ3n) is 3.33. The number of amides is 1. The molecular weight excluding hydrogens is 292 g/mol. The second-order valence-electron chi connectivity index (χ2n) is 6.70. The first-order chi connectivity index (χ1) is 10.7. The van der Waals surface area contributed by atoms with Gasteiger partial charge in [-0.1, -0.05) is 12.1 Å². The summed E-state index contributed by atoms with van der Waals surface area (Å²) >= 11 is 0. The Bertz CT molecular complexity index is 509. The predicted molar refractivity (Wildman–Crippen MR) is 93.0 cm³/mol.